The second-order valence-electron chi connectivity index (χ2n) is 5.90. The number of carbonyl (C=O) groups excluding carboxylic acids is 1. The fourth-order valence-corrected chi connectivity index (χ4v) is 2.95. The number of piperidine rings is 1. The first-order valence-corrected chi connectivity index (χ1v) is 7.60. The minimum atomic E-state index is -1.11. The van der Waals surface area contributed by atoms with Gasteiger partial charge in [0.1, 0.15) is 11.5 Å². The van der Waals surface area contributed by atoms with Crippen molar-refractivity contribution in [2.75, 3.05) is 6.54 Å². The van der Waals surface area contributed by atoms with Crippen LogP contribution in [0.4, 0.5) is 0 Å². The van der Waals surface area contributed by atoms with Gasteiger partial charge in [-0.25, -0.2) is 9.78 Å². The van der Waals surface area contributed by atoms with Gasteiger partial charge in [-0.05, 0) is 43.0 Å². The van der Waals surface area contributed by atoms with Crippen LogP contribution in [0.3, 0.4) is 0 Å². The zero-order valence-electron chi connectivity index (χ0n) is 12.8. The maximum atomic E-state index is 12.8. The van der Waals surface area contributed by atoms with Gasteiger partial charge in [0.25, 0.3) is 5.91 Å². The molecule has 2 atom stereocenters. The Morgan fingerprint density at radius 3 is 2.78 bits per heavy atom. The van der Waals surface area contributed by atoms with Crippen molar-refractivity contribution >= 4 is 11.9 Å². The lowest BCUT2D eigenvalue weighted by atomic mass is 9.90. The molecule has 2 aromatic rings. The summed E-state index contributed by atoms with van der Waals surface area (Å²) in [6.45, 7) is 2.81. The summed E-state index contributed by atoms with van der Waals surface area (Å²) in [5.41, 5.74) is 0.317. The van der Waals surface area contributed by atoms with E-state index in [-0.39, 0.29) is 17.6 Å². The molecule has 120 valence electrons. The Bertz CT molecular complexity index is 694. The van der Waals surface area contributed by atoms with Gasteiger partial charge in [0.05, 0.1) is 17.9 Å². The van der Waals surface area contributed by atoms with Gasteiger partial charge in [0, 0.05) is 12.7 Å². The van der Waals surface area contributed by atoms with Crippen molar-refractivity contribution in [3.05, 3.63) is 53.7 Å². The van der Waals surface area contributed by atoms with E-state index in [4.69, 9.17) is 9.52 Å². The molecule has 1 aliphatic heterocycles. The van der Waals surface area contributed by atoms with Gasteiger partial charge < -0.3 is 14.4 Å². The highest BCUT2D eigenvalue weighted by atomic mass is 16.4. The van der Waals surface area contributed by atoms with Gasteiger partial charge in [-0.15, -0.1) is 0 Å². The van der Waals surface area contributed by atoms with Gasteiger partial charge in [0.2, 0.25) is 0 Å². The Hall–Kier alpha value is -2.63. The number of nitrogens with zero attached hydrogens (tertiary/aromatic N) is 2. The van der Waals surface area contributed by atoms with Crippen LogP contribution in [0.5, 0.6) is 0 Å². The summed E-state index contributed by atoms with van der Waals surface area (Å²) < 4.78 is 5.50. The summed E-state index contributed by atoms with van der Waals surface area (Å²) in [6.07, 6.45) is 4.72. The average Bonchev–Trinajstić information content (AvgIpc) is 3.08. The molecule has 2 aromatic heterocycles. The van der Waals surface area contributed by atoms with E-state index in [0.717, 1.165) is 18.6 Å². The second kappa shape index (κ2) is 6.24. The number of hydrogen-bond acceptors (Lipinski definition) is 4. The first-order valence-electron chi connectivity index (χ1n) is 7.60. The first-order chi connectivity index (χ1) is 11.1. The maximum absolute atomic E-state index is 12.8. The summed E-state index contributed by atoms with van der Waals surface area (Å²) >= 11 is 0. The van der Waals surface area contributed by atoms with Crippen molar-refractivity contribution in [1.82, 2.24) is 9.88 Å². The van der Waals surface area contributed by atoms with E-state index >= 15 is 0 Å². The summed E-state index contributed by atoms with van der Waals surface area (Å²) in [6, 6.07) is 6.47. The Kier molecular flexibility index (Phi) is 4.14. The number of furan rings is 1. The van der Waals surface area contributed by atoms with Crippen LogP contribution in [0, 0.1) is 5.92 Å². The van der Waals surface area contributed by atoms with E-state index in [2.05, 4.69) is 11.9 Å². The summed E-state index contributed by atoms with van der Waals surface area (Å²) in [4.78, 5) is 29.3. The van der Waals surface area contributed by atoms with Crippen molar-refractivity contribution in [3.8, 4) is 0 Å². The molecule has 3 heterocycles. The highest BCUT2D eigenvalue weighted by molar-refractivity contribution is 5.95. The Morgan fingerprint density at radius 2 is 2.17 bits per heavy atom. The monoisotopic (exact) mass is 314 g/mol. The molecule has 0 aliphatic carbocycles. The molecular weight excluding hydrogens is 296 g/mol. The average molecular weight is 314 g/mol. The summed E-state index contributed by atoms with van der Waals surface area (Å²) in [5.74, 6) is 0.0358. The van der Waals surface area contributed by atoms with Crippen molar-refractivity contribution < 1.29 is 19.1 Å². The fourth-order valence-electron chi connectivity index (χ4n) is 2.95. The normalized spacial score (nSPS) is 21.2. The molecule has 0 bridgehead atoms. The minimum absolute atomic E-state index is 0.0728. The number of carboxylic acids is 1. The predicted molar refractivity (Wildman–Crippen MR) is 82.1 cm³/mol. The van der Waals surface area contributed by atoms with Crippen LogP contribution in [0.15, 0.2) is 41.1 Å². The van der Waals surface area contributed by atoms with Crippen molar-refractivity contribution in [1.29, 1.82) is 0 Å². The molecule has 0 aromatic carbocycles. The number of aromatic nitrogens is 1. The lowest BCUT2D eigenvalue weighted by Gasteiger charge is -2.37. The van der Waals surface area contributed by atoms with Crippen LogP contribution >= 0.6 is 0 Å². The third-order valence-electron chi connectivity index (χ3n) is 4.23. The molecule has 1 amide bonds. The number of aromatic carboxylic acids is 1. The SMILES string of the molecule is C[C@H]1CCN(C(=O)c2ccc(C(=O)O)nc2)[C@H](c2ccco2)C1. The standard InChI is InChI=1S/C17H18N2O4/c1-11-6-7-19(14(9-11)15-3-2-8-23-15)16(20)12-4-5-13(17(21)22)18-10-12/h2-5,8,10-11,14H,6-7,9H2,1H3,(H,21,22)/t11-,14-/m0/s1. The van der Waals surface area contributed by atoms with Crippen LogP contribution in [0.1, 0.15) is 52.4 Å². The molecule has 0 unspecified atom stereocenters. The number of carbonyl (C=O) groups is 2. The Morgan fingerprint density at radius 1 is 1.35 bits per heavy atom. The zero-order valence-corrected chi connectivity index (χ0v) is 12.8. The van der Waals surface area contributed by atoms with Crippen molar-refractivity contribution in [2.45, 2.75) is 25.8 Å². The predicted octanol–water partition coefficient (Wildman–Crippen LogP) is 2.99. The molecule has 6 heteroatoms. The molecule has 3 rings (SSSR count). The Balaban J connectivity index is 1.85. The smallest absolute Gasteiger partial charge is 0.354 e. The van der Waals surface area contributed by atoms with E-state index in [0.29, 0.717) is 18.0 Å². The number of hydrogen-bond donors (Lipinski definition) is 1. The van der Waals surface area contributed by atoms with E-state index in [1.54, 1.807) is 11.2 Å². The quantitative estimate of drug-likeness (QED) is 0.941. The molecule has 1 fully saturated rings. The fraction of sp³-hybridized carbons (Fsp3) is 0.353. The number of likely N-dealkylation sites (tertiary alicyclic amines) is 1. The topological polar surface area (TPSA) is 83.6 Å². The third-order valence-corrected chi connectivity index (χ3v) is 4.23. The van der Waals surface area contributed by atoms with Gasteiger partial charge in [0.15, 0.2) is 0 Å². The molecule has 1 saturated heterocycles. The van der Waals surface area contributed by atoms with Crippen LogP contribution < -0.4 is 0 Å². The number of amides is 1. The minimum Gasteiger partial charge on any atom is -0.477 e. The summed E-state index contributed by atoms with van der Waals surface area (Å²) in [5, 5.41) is 8.89. The molecule has 1 N–H and O–H groups in total. The van der Waals surface area contributed by atoms with Crippen LogP contribution in [-0.2, 0) is 0 Å². The van der Waals surface area contributed by atoms with Gasteiger partial charge in [-0.2, -0.15) is 0 Å². The summed E-state index contributed by atoms with van der Waals surface area (Å²) in [7, 11) is 0. The lowest BCUT2D eigenvalue weighted by Crippen LogP contribution is -2.40. The van der Waals surface area contributed by atoms with Crippen LogP contribution in [0.2, 0.25) is 0 Å². The molecule has 0 radical (unpaired) electrons. The maximum Gasteiger partial charge on any atom is 0.354 e. The van der Waals surface area contributed by atoms with E-state index < -0.39 is 5.97 Å². The van der Waals surface area contributed by atoms with E-state index in [9.17, 15) is 9.59 Å². The van der Waals surface area contributed by atoms with Gasteiger partial charge in [-0.3, -0.25) is 4.79 Å². The molecule has 6 nitrogen and oxygen atoms in total. The number of rotatable bonds is 3. The van der Waals surface area contributed by atoms with Crippen molar-refractivity contribution in [3.63, 3.8) is 0 Å². The first kappa shape index (κ1) is 15.3. The third kappa shape index (κ3) is 3.11. The van der Waals surface area contributed by atoms with Gasteiger partial charge in [-0.1, -0.05) is 6.92 Å². The molecule has 0 saturated carbocycles. The lowest BCUT2D eigenvalue weighted by molar-refractivity contribution is 0.0519. The molecule has 23 heavy (non-hydrogen) atoms. The van der Waals surface area contributed by atoms with Crippen LogP contribution in [-0.4, -0.2) is 33.4 Å². The second-order valence-corrected chi connectivity index (χ2v) is 5.90. The van der Waals surface area contributed by atoms with Gasteiger partial charge >= 0.3 is 5.97 Å². The van der Waals surface area contributed by atoms with E-state index in [1.807, 2.05) is 12.1 Å². The van der Waals surface area contributed by atoms with E-state index in [1.165, 1.54) is 18.3 Å². The molecule has 1 aliphatic rings. The van der Waals surface area contributed by atoms with Crippen molar-refractivity contribution in [2.24, 2.45) is 5.92 Å². The highest BCUT2D eigenvalue weighted by Gasteiger charge is 2.33. The number of carboxylic acid groups (broad SMARTS) is 1. The number of pyridine rings is 1. The van der Waals surface area contributed by atoms with Crippen LogP contribution in [0.25, 0.3) is 0 Å². The Labute approximate surface area is 133 Å². The molecule has 0 spiro atoms. The highest BCUT2D eigenvalue weighted by Crippen LogP contribution is 2.35. The zero-order chi connectivity index (χ0) is 16.4. The molecular formula is C17H18N2O4. The largest absolute Gasteiger partial charge is 0.477 e.